The molecule has 2 aromatic carbocycles. The molecule has 122 valence electrons. The Labute approximate surface area is 130 Å². The lowest BCUT2D eigenvalue weighted by Gasteiger charge is -2.14. The van der Waals surface area contributed by atoms with E-state index in [0.29, 0.717) is 11.1 Å². The number of para-hydroxylation sites is 1. The molecule has 7 heteroatoms. The summed E-state index contributed by atoms with van der Waals surface area (Å²) in [6.45, 7) is 0. The SMILES string of the molecule is NC(Cc1cccc(-c2ccccc2OC(F)(F)F)c1)C(=O)O. The number of hydrogen-bond acceptors (Lipinski definition) is 3. The van der Waals surface area contributed by atoms with E-state index in [0.717, 1.165) is 0 Å². The van der Waals surface area contributed by atoms with E-state index in [4.69, 9.17) is 10.8 Å². The lowest BCUT2D eigenvalue weighted by atomic mass is 9.99. The molecular weight excluding hydrogens is 311 g/mol. The van der Waals surface area contributed by atoms with E-state index in [2.05, 4.69) is 4.74 Å². The number of carboxylic acids is 1. The molecule has 0 aromatic heterocycles. The Balaban J connectivity index is 2.34. The summed E-state index contributed by atoms with van der Waals surface area (Å²) in [5.41, 5.74) is 6.83. The van der Waals surface area contributed by atoms with Gasteiger partial charge in [-0.15, -0.1) is 13.2 Å². The van der Waals surface area contributed by atoms with Crippen molar-refractivity contribution in [3.63, 3.8) is 0 Å². The normalized spacial score (nSPS) is 12.7. The van der Waals surface area contributed by atoms with E-state index in [9.17, 15) is 18.0 Å². The van der Waals surface area contributed by atoms with Crippen LogP contribution >= 0.6 is 0 Å². The van der Waals surface area contributed by atoms with Gasteiger partial charge in [0.05, 0.1) is 0 Å². The maximum Gasteiger partial charge on any atom is 0.573 e. The number of aliphatic carboxylic acids is 1. The summed E-state index contributed by atoms with van der Waals surface area (Å²) in [6.07, 6.45) is -4.72. The van der Waals surface area contributed by atoms with Crippen molar-refractivity contribution in [1.29, 1.82) is 0 Å². The number of carbonyl (C=O) groups is 1. The van der Waals surface area contributed by atoms with Gasteiger partial charge in [-0.3, -0.25) is 4.79 Å². The van der Waals surface area contributed by atoms with Crippen LogP contribution in [0.3, 0.4) is 0 Å². The molecule has 1 atom stereocenters. The van der Waals surface area contributed by atoms with Crippen LogP contribution in [0, 0.1) is 0 Å². The first-order valence-electron chi connectivity index (χ1n) is 6.69. The Bertz CT molecular complexity index is 701. The summed E-state index contributed by atoms with van der Waals surface area (Å²) >= 11 is 0. The van der Waals surface area contributed by atoms with Crippen molar-refractivity contribution in [2.75, 3.05) is 0 Å². The van der Waals surface area contributed by atoms with Gasteiger partial charge in [-0.1, -0.05) is 42.5 Å². The van der Waals surface area contributed by atoms with E-state index >= 15 is 0 Å². The third-order valence-electron chi connectivity index (χ3n) is 3.12. The number of carboxylic acid groups (broad SMARTS) is 1. The summed E-state index contributed by atoms with van der Waals surface area (Å²) in [7, 11) is 0. The quantitative estimate of drug-likeness (QED) is 0.885. The number of hydrogen-bond donors (Lipinski definition) is 2. The van der Waals surface area contributed by atoms with Gasteiger partial charge in [0.15, 0.2) is 0 Å². The monoisotopic (exact) mass is 325 g/mol. The molecule has 4 nitrogen and oxygen atoms in total. The molecule has 0 aliphatic carbocycles. The summed E-state index contributed by atoms with van der Waals surface area (Å²) in [6, 6.07) is 11.2. The molecule has 0 saturated carbocycles. The van der Waals surface area contributed by atoms with Crippen LogP contribution < -0.4 is 10.5 Å². The molecule has 0 radical (unpaired) electrons. The van der Waals surface area contributed by atoms with Crippen molar-refractivity contribution < 1.29 is 27.8 Å². The highest BCUT2D eigenvalue weighted by molar-refractivity contribution is 5.74. The third kappa shape index (κ3) is 4.72. The van der Waals surface area contributed by atoms with Crippen molar-refractivity contribution in [1.82, 2.24) is 0 Å². The lowest BCUT2D eigenvalue weighted by molar-refractivity contribution is -0.274. The fraction of sp³-hybridized carbons (Fsp3) is 0.188. The van der Waals surface area contributed by atoms with Gasteiger partial charge in [0.2, 0.25) is 0 Å². The van der Waals surface area contributed by atoms with Gasteiger partial charge in [0, 0.05) is 5.56 Å². The molecule has 1 unspecified atom stereocenters. The minimum absolute atomic E-state index is 0.0749. The van der Waals surface area contributed by atoms with Crippen LogP contribution in [0.4, 0.5) is 13.2 Å². The Kier molecular flexibility index (Phi) is 4.90. The highest BCUT2D eigenvalue weighted by Gasteiger charge is 2.32. The number of benzene rings is 2. The van der Waals surface area contributed by atoms with Crippen LogP contribution in [0.25, 0.3) is 11.1 Å². The Morgan fingerprint density at radius 1 is 1.17 bits per heavy atom. The van der Waals surface area contributed by atoms with Crippen LogP contribution in [0.1, 0.15) is 5.56 Å². The zero-order valence-corrected chi connectivity index (χ0v) is 11.9. The van der Waals surface area contributed by atoms with Crippen LogP contribution in [-0.4, -0.2) is 23.5 Å². The summed E-state index contributed by atoms with van der Waals surface area (Å²) in [4.78, 5) is 10.8. The lowest BCUT2D eigenvalue weighted by Crippen LogP contribution is -2.32. The maximum atomic E-state index is 12.5. The predicted octanol–water partition coefficient (Wildman–Crippen LogP) is 3.21. The fourth-order valence-electron chi connectivity index (χ4n) is 2.13. The summed E-state index contributed by atoms with van der Waals surface area (Å²) in [5, 5.41) is 8.83. The number of nitrogens with two attached hydrogens (primary N) is 1. The average molecular weight is 325 g/mol. The second-order valence-corrected chi connectivity index (χ2v) is 4.89. The number of halogens is 3. The predicted molar refractivity (Wildman–Crippen MR) is 77.9 cm³/mol. The first-order chi connectivity index (χ1) is 10.8. The molecule has 0 amide bonds. The molecule has 0 saturated heterocycles. The standard InChI is InChI=1S/C16H14F3NO3/c17-16(18,19)23-14-7-2-1-6-12(14)11-5-3-4-10(8-11)9-13(20)15(21)22/h1-8,13H,9,20H2,(H,21,22). The zero-order valence-electron chi connectivity index (χ0n) is 11.9. The molecule has 23 heavy (non-hydrogen) atoms. The molecule has 0 aliphatic heterocycles. The molecule has 2 rings (SSSR count). The minimum atomic E-state index is -4.79. The van der Waals surface area contributed by atoms with Crippen LogP contribution in [-0.2, 0) is 11.2 Å². The zero-order chi connectivity index (χ0) is 17.0. The largest absolute Gasteiger partial charge is 0.573 e. The van der Waals surface area contributed by atoms with Gasteiger partial charge in [-0.25, -0.2) is 0 Å². The first kappa shape index (κ1) is 16.8. The molecule has 2 aromatic rings. The second kappa shape index (κ2) is 6.70. The molecule has 0 bridgehead atoms. The van der Waals surface area contributed by atoms with E-state index in [1.807, 2.05) is 0 Å². The summed E-state index contributed by atoms with van der Waals surface area (Å²) in [5.74, 6) is -1.46. The molecule has 0 heterocycles. The van der Waals surface area contributed by atoms with Gasteiger partial charge >= 0.3 is 12.3 Å². The fourth-order valence-corrected chi connectivity index (χ4v) is 2.13. The van der Waals surface area contributed by atoms with Crippen molar-refractivity contribution >= 4 is 5.97 Å². The number of rotatable bonds is 5. The van der Waals surface area contributed by atoms with Gasteiger partial charge in [0.25, 0.3) is 0 Å². The smallest absolute Gasteiger partial charge is 0.480 e. The van der Waals surface area contributed by atoms with E-state index in [1.54, 1.807) is 30.3 Å². The Morgan fingerprint density at radius 3 is 2.52 bits per heavy atom. The molecular formula is C16H14F3NO3. The Morgan fingerprint density at radius 2 is 1.87 bits per heavy atom. The average Bonchev–Trinajstić information content (AvgIpc) is 2.46. The second-order valence-electron chi connectivity index (χ2n) is 4.89. The summed E-state index contributed by atoms with van der Waals surface area (Å²) < 4.78 is 41.4. The van der Waals surface area contributed by atoms with Gasteiger partial charge in [-0.2, -0.15) is 0 Å². The third-order valence-corrected chi connectivity index (χ3v) is 3.12. The van der Waals surface area contributed by atoms with Gasteiger partial charge < -0.3 is 15.6 Å². The highest BCUT2D eigenvalue weighted by atomic mass is 19.4. The van der Waals surface area contributed by atoms with Crippen molar-refractivity contribution in [2.24, 2.45) is 5.73 Å². The van der Waals surface area contributed by atoms with Gasteiger partial charge in [-0.05, 0) is 23.6 Å². The van der Waals surface area contributed by atoms with Crippen molar-refractivity contribution in [3.05, 3.63) is 54.1 Å². The molecule has 0 aliphatic rings. The van der Waals surface area contributed by atoms with E-state index in [1.165, 1.54) is 18.2 Å². The van der Waals surface area contributed by atoms with Crippen LogP contribution in [0.5, 0.6) is 5.75 Å². The van der Waals surface area contributed by atoms with Crippen LogP contribution in [0.2, 0.25) is 0 Å². The topological polar surface area (TPSA) is 72.5 Å². The number of ether oxygens (including phenoxy) is 1. The molecule has 3 N–H and O–H groups in total. The van der Waals surface area contributed by atoms with Crippen LogP contribution in [0.15, 0.2) is 48.5 Å². The van der Waals surface area contributed by atoms with Gasteiger partial charge in [0.1, 0.15) is 11.8 Å². The molecule has 0 spiro atoms. The highest BCUT2D eigenvalue weighted by Crippen LogP contribution is 2.34. The maximum absolute atomic E-state index is 12.5. The minimum Gasteiger partial charge on any atom is -0.480 e. The Hall–Kier alpha value is -2.54. The number of alkyl halides is 3. The molecule has 0 fully saturated rings. The van der Waals surface area contributed by atoms with Crippen molar-refractivity contribution in [2.45, 2.75) is 18.8 Å². The van der Waals surface area contributed by atoms with E-state index in [-0.39, 0.29) is 17.7 Å². The first-order valence-corrected chi connectivity index (χ1v) is 6.69. The van der Waals surface area contributed by atoms with E-state index < -0.39 is 18.4 Å². The van der Waals surface area contributed by atoms with Crippen molar-refractivity contribution in [3.8, 4) is 16.9 Å².